The molecule has 0 aromatic heterocycles. The number of nitrogens with one attached hydrogen (secondary N) is 1. The Labute approximate surface area is 183 Å². The monoisotopic (exact) mass is 460 g/mol. The lowest BCUT2D eigenvalue weighted by Gasteiger charge is -2.23. The summed E-state index contributed by atoms with van der Waals surface area (Å²) in [6.45, 7) is 1.58. The fourth-order valence-electron chi connectivity index (χ4n) is 3.37. The molecule has 0 fully saturated rings. The van der Waals surface area contributed by atoms with Crippen molar-refractivity contribution >= 4 is 27.5 Å². The third-order valence-electron chi connectivity index (χ3n) is 4.97. The number of nitro benzene ring substituents is 1. The average Bonchev–Trinajstić information content (AvgIpc) is 2.91. The largest absolute Gasteiger partial charge is 0.464 e. The number of esters is 1. The van der Waals surface area contributed by atoms with Crippen LogP contribution in [0.1, 0.15) is 35.7 Å². The van der Waals surface area contributed by atoms with Crippen LogP contribution in [0.5, 0.6) is 0 Å². The fraction of sp³-hybridized carbons (Fsp3) is 0.300. The molecule has 32 heavy (non-hydrogen) atoms. The van der Waals surface area contributed by atoms with Gasteiger partial charge >= 0.3 is 5.97 Å². The number of hydrogen-bond acceptors (Lipinski definition) is 9. The number of nitro groups is 1. The number of fused-ring (bicyclic) bond motifs is 1. The number of Topliss-reactive ketones (excluding diaryl/α,β-unsaturated/α-hetero) is 1. The fourth-order valence-corrected chi connectivity index (χ4v) is 4.12. The highest BCUT2D eigenvalue weighted by Crippen LogP contribution is 2.32. The van der Waals surface area contributed by atoms with E-state index >= 15 is 0 Å². The van der Waals surface area contributed by atoms with E-state index in [0.717, 1.165) is 29.8 Å². The van der Waals surface area contributed by atoms with Gasteiger partial charge in [0.1, 0.15) is 0 Å². The van der Waals surface area contributed by atoms with Crippen LogP contribution in [-0.4, -0.2) is 37.2 Å². The third kappa shape index (κ3) is 4.49. The van der Waals surface area contributed by atoms with Crippen LogP contribution in [0.4, 0.5) is 5.69 Å². The summed E-state index contributed by atoms with van der Waals surface area (Å²) in [6, 6.07) is 10.9. The third-order valence-corrected chi connectivity index (χ3v) is 6.19. The minimum absolute atomic E-state index is 0.000444. The molecule has 0 radical (unpaired) electrons. The molecule has 12 heteroatoms. The number of carbonyl (C=O) groups excluding carboxylic acids is 2. The lowest BCUT2D eigenvalue weighted by Crippen LogP contribution is -2.46. The number of aryl methyl sites for hydroxylation is 1. The number of ketones is 1. The van der Waals surface area contributed by atoms with Gasteiger partial charge in [0.25, 0.3) is 15.7 Å². The zero-order valence-corrected chi connectivity index (χ0v) is 17.9. The van der Waals surface area contributed by atoms with Crippen molar-refractivity contribution in [3.05, 3.63) is 69.8 Å². The average molecular weight is 460 g/mol. The summed E-state index contributed by atoms with van der Waals surface area (Å²) >= 11 is 0. The molecule has 0 saturated heterocycles. The number of non-ortho nitro benzene ring substituents is 1. The second-order valence-electron chi connectivity index (χ2n) is 6.97. The Balaban J connectivity index is 1.93. The Kier molecular flexibility index (Phi) is 6.63. The van der Waals surface area contributed by atoms with Gasteiger partial charge < -0.3 is 4.74 Å². The van der Waals surface area contributed by atoms with Crippen molar-refractivity contribution in [2.24, 2.45) is 10.3 Å². The lowest BCUT2D eigenvalue weighted by molar-refractivity contribution is -0.384. The predicted molar refractivity (Wildman–Crippen MR) is 111 cm³/mol. The zero-order valence-electron chi connectivity index (χ0n) is 17.1. The van der Waals surface area contributed by atoms with E-state index < -0.39 is 32.2 Å². The van der Waals surface area contributed by atoms with E-state index in [1.807, 2.05) is 4.83 Å². The van der Waals surface area contributed by atoms with E-state index in [1.165, 1.54) is 0 Å². The lowest BCUT2D eigenvalue weighted by atomic mass is 9.87. The van der Waals surface area contributed by atoms with Crippen LogP contribution < -0.4 is 4.83 Å². The van der Waals surface area contributed by atoms with Crippen molar-refractivity contribution in [2.75, 3.05) is 6.61 Å². The van der Waals surface area contributed by atoms with Crippen LogP contribution in [0.25, 0.3) is 0 Å². The molecule has 1 aliphatic rings. The molecular formula is C20H20N4O7S. The van der Waals surface area contributed by atoms with Gasteiger partial charge in [0, 0.05) is 17.7 Å². The van der Waals surface area contributed by atoms with E-state index in [1.54, 1.807) is 31.2 Å². The molecular weight excluding hydrogens is 440 g/mol. The highest BCUT2D eigenvalue weighted by molar-refractivity contribution is 7.89. The molecule has 11 nitrogen and oxygen atoms in total. The first kappa shape index (κ1) is 23.0. The molecule has 0 aliphatic heterocycles. The van der Waals surface area contributed by atoms with E-state index in [2.05, 4.69) is 10.3 Å². The van der Waals surface area contributed by atoms with Crippen LogP contribution in [0.3, 0.4) is 0 Å². The molecule has 3 rings (SSSR count). The summed E-state index contributed by atoms with van der Waals surface area (Å²) < 4.78 is 30.0. The van der Waals surface area contributed by atoms with E-state index in [-0.39, 0.29) is 23.6 Å². The standard InChI is InChI=1S/C20H20N4O7S/c1-2-31-19(26)20(13-5-7-14-6-3-4-8-17(14)18(20)25)21-22-23-32(29,30)16-11-9-15(10-12-16)24(27)28/h3-4,6,8-12H,2,5,7,13H2,1H3,(H,21,23). The summed E-state index contributed by atoms with van der Waals surface area (Å²) in [6.07, 6.45) is 0.949. The van der Waals surface area contributed by atoms with E-state index in [9.17, 15) is 28.1 Å². The molecule has 0 amide bonds. The maximum atomic E-state index is 13.3. The number of rotatable bonds is 7. The highest BCUT2D eigenvalue weighted by atomic mass is 32.2. The topological polar surface area (TPSA) is 157 Å². The van der Waals surface area contributed by atoms with Gasteiger partial charge in [-0.1, -0.05) is 29.5 Å². The van der Waals surface area contributed by atoms with Crippen molar-refractivity contribution in [1.29, 1.82) is 0 Å². The second-order valence-corrected chi connectivity index (χ2v) is 8.63. The molecule has 0 spiro atoms. The number of carbonyl (C=O) groups is 2. The van der Waals surface area contributed by atoms with Crippen molar-refractivity contribution in [2.45, 2.75) is 36.6 Å². The number of nitrogens with zero attached hydrogens (tertiary/aromatic N) is 3. The van der Waals surface area contributed by atoms with Gasteiger partial charge in [0.05, 0.1) is 16.4 Å². The van der Waals surface area contributed by atoms with Crippen molar-refractivity contribution in [3.8, 4) is 0 Å². The molecule has 2 aromatic rings. The molecule has 1 aliphatic carbocycles. The first-order valence-electron chi connectivity index (χ1n) is 9.69. The number of sulfonamides is 1. The zero-order chi connectivity index (χ0) is 23.4. The smallest absolute Gasteiger partial charge is 0.344 e. The number of ether oxygens (including phenoxy) is 1. The van der Waals surface area contributed by atoms with Gasteiger partial charge in [0.15, 0.2) is 0 Å². The van der Waals surface area contributed by atoms with Crippen LogP contribution in [-0.2, 0) is 26.0 Å². The van der Waals surface area contributed by atoms with Crippen LogP contribution >= 0.6 is 0 Å². The maximum Gasteiger partial charge on any atom is 0.344 e. The van der Waals surface area contributed by atoms with Crippen molar-refractivity contribution in [3.63, 3.8) is 0 Å². The summed E-state index contributed by atoms with van der Waals surface area (Å²) in [5, 5.41) is 18.0. The molecule has 1 atom stereocenters. The molecule has 168 valence electrons. The Morgan fingerprint density at radius 2 is 1.91 bits per heavy atom. The molecule has 0 bridgehead atoms. The number of hydrogen-bond donors (Lipinski definition) is 1. The molecule has 2 aromatic carbocycles. The normalized spacial score (nSPS) is 18.6. The SMILES string of the molecule is CCOC(=O)C1(N=NNS(=O)(=O)c2ccc([N+](=O)[O-])cc2)CCCc2ccccc2C1=O. The highest BCUT2D eigenvalue weighted by Gasteiger charge is 2.50. The summed E-state index contributed by atoms with van der Waals surface area (Å²) in [7, 11) is -4.25. The predicted octanol–water partition coefficient (Wildman–Crippen LogP) is 2.76. The van der Waals surface area contributed by atoms with Gasteiger partial charge in [-0.05, 0) is 43.9 Å². The molecule has 0 saturated carbocycles. The van der Waals surface area contributed by atoms with Gasteiger partial charge in [-0.3, -0.25) is 14.9 Å². The van der Waals surface area contributed by atoms with Gasteiger partial charge in [-0.15, -0.1) is 5.11 Å². The summed E-state index contributed by atoms with van der Waals surface area (Å²) in [5.41, 5.74) is -1.25. The Morgan fingerprint density at radius 1 is 1.22 bits per heavy atom. The van der Waals surface area contributed by atoms with Crippen LogP contribution in [0.15, 0.2) is 63.8 Å². The van der Waals surface area contributed by atoms with Gasteiger partial charge in [0.2, 0.25) is 11.3 Å². The Bertz CT molecular complexity index is 1180. The quantitative estimate of drug-likeness (QED) is 0.166. The summed E-state index contributed by atoms with van der Waals surface area (Å²) in [5.74, 6) is -1.54. The maximum absolute atomic E-state index is 13.3. The van der Waals surface area contributed by atoms with Crippen LogP contribution in [0.2, 0.25) is 0 Å². The van der Waals surface area contributed by atoms with Crippen molar-refractivity contribution in [1.82, 2.24) is 4.83 Å². The Hall–Kier alpha value is -3.67. The minimum Gasteiger partial charge on any atom is -0.464 e. The van der Waals surface area contributed by atoms with Gasteiger partial charge in [-0.25, -0.2) is 4.79 Å². The number of benzene rings is 2. The summed E-state index contributed by atoms with van der Waals surface area (Å²) in [4.78, 5) is 37.7. The van der Waals surface area contributed by atoms with Crippen molar-refractivity contribution < 1.29 is 27.7 Å². The first-order chi connectivity index (χ1) is 15.2. The van der Waals surface area contributed by atoms with E-state index in [4.69, 9.17) is 4.74 Å². The van der Waals surface area contributed by atoms with Crippen LogP contribution in [0, 0.1) is 10.1 Å². The Morgan fingerprint density at radius 3 is 2.56 bits per heavy atom. The van der Waals surface area contributed by atoms with Gasteiger partial charge in [-0.2, -0.15) is 13.2 Å². The first-order valence-corrected chi connectivity index (χ1v) is 11.2. The second kappa shape index (κ2) is 9.22. The minimum atomic E-state index is -4.25. The molecule has 1 N–H and O–H groups in total. The molecule has 0 heterocycles. The molecule has 1 unspecified atom stereocenters. The van der Waals surface area contributed by atoms with E-state index in [0.29, 0.717) is 18.4 Å².